The summed E-state index contributed by atoms with van der Waals surface area (Å²) in [6.45, 7) is 2.06. The van der Waals surface area contributed by atoms with Gasteiger partial charge in [0, 0.05) is 11.6 Å². The van der Waals surface area contributed by atoms with Gasteiger partial charge in [0.1, 0.15) is 0 Å². The van der Waals surface area contributed by atoms with Crippen LogP contribution in [0.5, 0.6) is 0 Å². The largest absolute Gasteiger partial charge is 0.243 e. The number of hydrogen-bond acceptors (Lipinski definition) is 2. The van der Waals surface area contributed by atoms with Gasteiger partial charge in [-0.25, -0.2) is 8.42 Å². The minimum absolute atomic E-state index is 0.124. The van der Waals surface area contributed by atoms with E-state index >= 15 is 0 Å². The summed E-state index contributed by atoms with van der Waals surface area (Å²) in [5.74, 6) is 0. The number of hydrogen-bond donors (Lipinski definition) is 0. The van der Waals surface area contributed by atoms with Crippen LogP contribution in [0.15, 0.2) is 40.8 Å². The number of sulfonamides is 1. The SMILES string of the molecule is CC1=CCN(S(=O)(=O)c2ccc(Cl)cc2)[C@H](C(Cl)(Cl)Cl)C1. The van der Waals surface area contributed by atoms with Crippen molar-refractivity contribution in [1.82, 2.24) is 4.31 Å². The summed E-state index contributed by atoms with van der Waals surface area (Å²) >= 11 is 23.7. The van der Waals surface area contributed by atoms with Crippen molar-refractivity contribution in [2.45, 2.75) is 28.1 Å². The van der Waals surface area contributed by atoms with Crippen LogP contribution in [0.25, 0.3) is 0 Å². The first-order chi connectivity index (χ1) is 9.62. The highest BCUT2D eigenvalue weighted by molar-refractivity contribution is 7.89. The molecule has 8 heteroatoms. The monoisotopic (exact) mass is 387 g/mol. The second kappa shape index (κ2) is 6.26. The van der Waals surface area contributed by atoms with Gasteiger partial charge in [-0.2, -0.15) is 4.31 Å². The molecule has 1 aromatic rings. The molecule has 0 aliphatic carbocycles. The van der Waals surface area contributed by atoms with Crippen molar-refractivity contribution in [3.63, 3.8) is 0 Å². The molecular weight excluding hydrogens is 376 g/mol. The first-order valence-electron chi connectivity index (χ1n) is 6.12. The van der Waals surface area contributed by atoms with Gasteiger partial charge in [0.25, 0.3) is 0 Å². The van der Waals surface area contributed by atoms with Gasteiger partial charge < -0.3 is 0 Å². The molecule has 0 bridgehead atoms. The fourth-order valence-electron chi connectivity index (χ4n) is 2.15. The quantitative estimate of drug-likeness (QED) is 0.555. The number of alkyl halides is 3. The Balaban J connectivity index is 2.44. The number of benzene rings is 1. The zero-order valence-corrected chi connectivity index (χ0v) is 14.9. The van der Waals surface area contributed by atoms with Gasteiger partial charge in [0.15, 0.2) is 0 Å². The lowest BCUT2D eigenvalue weighted by Crippen LogP contribution is -2.49. The Morgan fingerprint density at radius 1 is 1.19 bits per heavy atom. The average molecular weight is 389 g/mol. The van der Waals surface area contributed by atoms with E-state index in [0.717, 1.165) is 5.57 Å². The van der Waals surface area contributed by atoms with E-state index < -0.39 is 19.9 Å². The Kier molecular flexibility index (Phi) is 5.19. The van der Waals surface area contributed by atoms with E-state index in [1.165, 1.54) is 28.6 Å². The molecule has 1 aliphatic rings. The Morgan fingerprint density at radius 3 is 2.29 bits per heavy atom. The van der Waals surface area contributed by atoms with E-state index in [9.17, 15) is 8.42 Å². The molecule has 0 saturated carbocycles. The molecule has 116 valence electrons. The van der Waals surface area contributed by atoms with Gasteiger partial charge in [0.05, 0.1) is 10.9 Å². The minimum Gasteiger partial charge on any atom is -0.207 e. The molecule has 1 heterocycles. The van der Waals surface area contributed by atoms with Crippen molar-refractivity contribution in [2.75, 3.05) is 6.54 Å². The van der Waals surface area contributed by atoms with E-state index in [4.69, 9.17) is 46.4 Å². The second-order valence-corrected chi connectivity index (χ2v) is 9.54. The number of halogens is 4. The van der Waals surface area contributed by atoms with Gasteiger partial charge in [-0.05, 0) is 37.6 Å². The summed E-state index contributed by atoms with van der Waals surface area (Å²) in [6, 6.07) is 5.18. The molecule has 1 aliphatic heterocycles. The van der Waals surface area contributed by atoms with Gasteiger partial charge >= 0.3 is 0 Å². The van der Waals surface area contributed by atoms with Crippen LogP contribution < -0.4 is 0 Å². The maximum atomic E-state index is 12.7. The van der Waals surface area contributed by atoms with E-state index in [-0.39, 0.29) is 11.4 Å². The van der Waals surface area contributed by atoms with Crippen LogP contribution in [-0.4, -0.2) is 29.1 Å². The Hall–Kier alpha value is 0.0300. The van der Waals surface area contributed by atoms with Crippen LogP contribution >= 0.6 is 46.4 Å². The predicted octanol–water partition coefficient (Wildman–Crippen LogP) is 4.42. The van der Waals surface area contributed by atoms with Crippen LogP contribution in [0.3, 0.4) is 0 Å². The van der Waals surface area contributed by atoms with E-state index in [0.29, 0.717) is 11.4 Å². The lowest BCUT2D eigenvalue weighted by molar-refractivity contribution is 0.328. The van der Waals surface area contributed by atoms with Crippen LogP contribution in [0, 0.1) is 0 Å². The Labute approximate surface area is 144 Å². The molecule has 0 saturated heterocycles. The van der Waals surface area contributed by atoms with E-state index in [2.05, 4.69) is 0 Å². The minimum atomic E-state index is -3.76. The van der Waals surface area contributed by atoms with Crippen molar-refractivity contribution >= 4 is 56.4 Å². The molecule has 1 atom stereocenters. The summed E-state index contributed by atoms with van der Waals surface area (Å²) in [5, 5.41) is 0.460. The van der Waals surface area contributed by atoms with Crippen molar-refractivity contribution in [3.8, 4) is 0 Å². The highest BCUT2D eigenvalue weighted by Gasteiger charge is 2.44. The molecule has 0 amide bonds. The molecule has 0 aromatic heterocycles. The van der Waals surface area contributed by atoms with Gasteiger partial charge in [-0.1, -0.05) is 58.1 Å². The molecule has 2 rings (SSSR count). The topological polar surface area (TPSA) is 37.4 Å². The van der Waals surface area contributed by atoms with Gasteiger partial charge in [-0.3, -0.25) is 0 Å². The summed E-state index contributed by atoms with van der Waals surface area (Å²) in [7, 11) is -3.76. The standard InChI is InChI=1S/C13H13Cl4NO2S/c1-9-6-7-18(12(8-9)13(15,16)17)21(19,20)11-4-2-10(14)3-5-11/h2-6,12H,7-8H2,1H3/t12-/m0/s1. The summed E-state index contributed by atoms with van der Waals surface area (Å²) in [6.07, 6.45) is 2.20. The number of rotatable bonds is 2. The van der Waals surface area contributed by atoms with Crippen molar-refractivity contribution in [2.24, 2.45) is 0 Å². The normalized spacial score (nSPS) is 21.2. The summed E-state index contributed by atoms with van der Waals surface area (Å²) in [4.78, 5) is 0.124. The zero-order chi connectivity index (χ0) is 15.8. The third-order valence-electron chi connectivity index (χ3n) is 3.28. The molecule has 3 nitrogen and oxygen atoms in total. The van der Waals surface area contributed by atoms with Crippen LogP contribution in [0.2, 0.25) is 5.02 Å². The fourth-order valence-corrected chi connectivity index (χ4v) is 4.62. The maximum absolute atomic E-state index is 12.7. The molecule has 0 fully saturated rings. The summed E-state index contributed by atoms with van der Waals surface area (Å²) < 4.78 is 25.0. The van der Waals surface area contributed by atoms with Crippen molar-refractivity contribution in [3.05, 3.63) is 40.9 Å². The molecule has 0 unspecified atom stereocenters. The third kappa shape index (κ3) is 3.87. The Bertz CT molecular complexity index is 650. The lowest BCUT2D eigenvalue weighted by atomic mass is 10.1. The first kappa shape index (κ1) is 17.4. The van der Waals surface area contributed by atoms with Crippen LogP contribution in [-0.2, 0) is 10.0 Å². The average Bonchev–Trinajstić information content (AvgIpc) is 2.38. The fraction of sp³-hybridized carbons (Fsp3) is 0.385. The second-order valence-electron chi connectivity index (χ2n) is 4.84. The molecular formula is C13H13Cl4NO2S. The number of nitrogens with zero attached hydrogens (tertiary/aromatic N) is 1. The molecule has 0 spiro atoms. The van der Waals surface area contributed by atoms with Crippen LogP contribution in [0.4, 0.5) is 0 Å². The molecule has 0 N–H and O–H groups in total. The summed E-state index contributed by atoms with van der Waals surface area (Å²) in [5.41, 5.74) is 0.994. The van der Waals surface area contributed by atoms with Gasteiger partial charge in [-0.15, -0.1) is 0 Å². The maximum Gasteiger partial charge on any atom is 0.243 e. The van der Waals surface area contributed by atoms with E-state index in [1.54, 1.807) is 0 Å². The van der Waals surface area contributed by atoms with E-state index in [1.807, 2.05) is 13.0 Å². The van der Waals surface area contributed by atoms with Crippen molar-refractivity contribution in [1.29, 1.82) is 0 Å². The van der Waals surface area contributed by atoms with Gasteiger partial charge in [0.2, 0.25) is 13.8 Å². The molecule has 1 aromatic carbocycles. The third-order valence-corrected chi connectivity index (χ3v) is 6.18. The highest BCUT2D eigenvalue weighted by atomic mass is 35.6. The molecule has 21 heavy (non-hydrogen) atoms. The smallest absolute Gasteiger partial charge is 0.207 e. The predicted molar refractivity (Wildman–Crippen MR) is 87.8 cm³/mol. The Morgan fingerprint density at radius 2 is 1.76 bits per heavy atom. The zero-order valence-electron chi connectivity index (χ0n) is 11.1. The highest BCUT2D eigenvalue weighted by Crippen LogP contribution is 2.40. The van der Waals surface area contributed by atoms with Crippen LogP contribution in [0.1, 0.15) is 13.3 Å². The molecule has 0 radical (unpaired) electrons. The lowest BCUT2D eigenvalue weighted by Gasteiger charge is -2.37. The van der Waals surface area contributed by atoms with Crippen molar-refractivity contribution < 1.29 is 8.42 Å². The first-order valence-corrected chi connectivity index (χ1v) is 9.07.